The molecule has 2 heterocycles. The van der Waals surface area contributed by atoms with Crippen molar-refractivity contribution in [3.8, 4) is 16.8 Å². The van der Waals surface area contributed by atoms with Crippen molar-refractivity contribution in [2.45, 2.75) is 13.8 Å². The summed E-state index contributed by atoms with van der Waals surface area (Å²) < 4.78 is 15.4. The molecule has 0 radical (unpaired) electrons. The van der Waals surface area contributed by atoms with Crippen LogP contribution in [0.15, 0.2) is 90.5 Å². The molecule has 36 heavy (non-hydrogen) atoms. The van der Waals surface area contributed by atoms with E-state index in [1.165, 1.54) is 18.2 Å². The predicted octanol–water partition coefficient (Wildman–Crippen LogP) is 5.57. The molecule has 1 N–H and O–H groups in total. The van der Waals surface area contributed by atoms with Crippen molar-refractivity contribution >= 4 is 29.6 Å². The van der Waals surface area contributed by atoms with Crippen molar-refractivity contribution < 1.29 is 18.8 Å². The second kappa shape index (κ2) is 9.11. The molecule has 1 aromatic heterocycles. The first kappa shape index (κ1) is 23.0. The van der Waals surface area contributed by atoms with Crippen LogP contribution >= 0.6 is 0 Å². The summed E-state index contributed by atoms with van der Waals surface area (Å²) in [5, 5.41) is 2.20. The molecule has 6 nitrogen and oxygen atoms in total. The summed E-state index contributed by atoms with van der Waals surface area (Å²) in [7, 11) is 0. The van der Waals surface area contributed by atoms with Crippen LogP contribution in [0.25, 0.3) is 22.9 Å². The highest BCUT2D eigenvalue weighted by Crippen LogP contribution is 2.27. The average Bonchev–Trinajstić information content (AvgIpc) is 3.16. The van der Waals surface area contributed by atoms with E-state index in [4.69, 9.17) is 0 Å². The van der Waals surface area contributed by atoms with Crippen LogP contribution in [0, 0.1) is 19.7 Å². The van der Waals surface area contributed by atoms with Gasteiger partial charge in [-0.2, -0.15) is 0 Å². The molecule has 4 aromatic rings. The molecule has 3 aromatic carbocycles. The Morgan fingerprint density at radius 3 is 2.06 bits per heavy atom. The zero-order chi connectivity index (χ0) is 25.4. The third kappa shape index (κ3) is 4.11. The SMILES string of the molecule is Cc1cc(/C=C2/C(=O)NC(=O)N(c3ccc(F)cc3)C2=O)c(C)n1-c1ccc(-c2ccccc2)cc1. The van der Waals surface area contributed by atoms with E-state index < -0.39 is 23.7 Å². The Hall–Kier alpha value is -4.78. The number of anilines is 1. The topological polar surface area (TPSA) is 71.4 Å². The first-order chi connectivity index (χ1) is 17.3. The van der Waals surface area contributed by atoms with E-state index in [2.05, 4.69) is 17.4 Å². The predicted molar refractivity (Wildman–Crippen MR) is 136 cm³/mol. The minimum atomic E-state index is -0.877. The van der Waals surface area contributed by atoms with Crippen LogP contribution in [0.1, 0.15) is 17.0 Å². The van der Waals surface area contributed by atoms with E-state index in [1.807, 2.05) is 66.9 Å². The van der Waals surface area contributed by atoms with Crippen molar-refractivity contribution in [3.05, 3.63) is 113 Å². The van der Waals surface area contributed by atoms with E-state index in [0.29, 0.717) is 5.56 Å². The van der Waals surface area contributed by atoms with Crippen LogP contribution in [0.2, 0.25) is 0 Å². The molecule has 0 unspecified atom stereocenters. The van der Waals surface area contributed by atoms with Gasteiger partial charge in [-0.25, -0.2) is 14.1 Å². The maximum absolute atomic E-state index is 13.3. The summed E-state index contributed by atoms with van der Waals surface area (Å²) in [6, 6.07) is 24.1. The van der Waals surface area contributed by atoms with Crippen molar-refractivity contribution in [2.24, 2.45) is 0 Å². The lowest BCUT2D eigenvalue weighted by Crippen LogP contribution is -2.54. The number of rotatable bonds is 4. The number of hydrogen-bond donors (Lipinski definition) is 1. The maximum atomic E-state index is 13.3. The number of halogens is 1. The molecule has 1 aliphatic heterocycles. The molecule has 0 spiro atoms. The van der Waals surface area contributed by atoms with Gasteiger partial charge in [-0.1, -0.05) is 42.5 Å². The van der Waals surface area contributed by atoms with E-state index in [0.717, 1.165) is 45.2 Å². The molecule has 0 saturated carbocycles. The lowest BCUT2D eigenvalue weighted by atomic mass is 10.1. The van der Waals surface area contributed by atoms with E-state index in [9.17, 15) is 18.8 Å². The summed E-state index contributed by atoms with van der Waals surface area (Å²) in [4.78, 5) is 39.0. The number of aromatic nitrogens is 1. The smallest absolute Gasteiger partial charge is 0.318 e. The van der Waals surface area contributed by atoms with Crippen LogP contribution in [-0.4, -0.2) is 22.4 Å². The summed E-state index contributed by atoms with van der Waals surface area (Å²) in [6.07, 6.45) is 1.48. The Balaban J connectivity index is 1.49. The Kier molecular flexibility index (Phi) is 5.82. The fourth-order valence-corrected chi connectivity index (χ4v) is 4.40. The monoisotopic (exact) mass is 479 g/mol. The second-order valence-corrected chi connectivity index (χ2v) is 8.51. The van der Waals surface area contributed by atoms with Gasteiger partial charge in [0.15, 0.2) is 0 Å². The average molecular weight is 480 g/mol. The van der Waals surface area contributed by atoms with E-state index in [1.54, 1.807) is 0 Å². The number of carbonyl (C=O) groups excluding carboxylic acids is 3. The summed E-state index contributed by atoms with van der Waals surface area (Å²) in [6.45, 7) is 3.84. The number of urea groups is 1. The second-order valence-electron chi connectivity index (χ2n) is 8.51. The van der Waals surface area contributed by atoms with Crippen molar-refractivity contribution in [1.29, 1.82) is 0 Å². The largest absolute Gasteiger partial charge is 0.335 e. The fourth-order valence-electron chi connectivity index (χ4n) is 4.40. The number of benzene rings is 3. The molecule has 0 aliphatic carbocycles. The van der Waals surface area contributed by atoms with Gasteiger partial charge in [-0.05, 0) is 79.1 Å². The van der Waals surface area contributed by atoms with Crippen molar-refractivity contribution in [3.63, 3.8) is 0 Å². The molecule has 5 rings (SSSR count). The Morgan fingerprint density at radius 1 is 0.778 bits per heavy atom. The molecule has 1 fully saturated rings. The first-order valence-electron chi connectivity index (χ1n) is 11.4. The minimum absolute atomic E-state index is 0.168. The van der Waals surface area contributed by atoms with Crippen LogP contribution in [0.5, 0.6) is 0 Å². The van der Waals surface area contributed by atoms with Gasteiger partial charge in [-0.3, -0.25) is 14.9 Å². The molecule has 4 amide bonds. The highest BCUT2D eigenvalue weighted by molar-refractivity contribution is 6.39. The molecular weight excluding hydrogens is 457 g/mol. The standard InChI is InChI=1S/C29H22FN3O3/c1-18-16-22(19(2)32(18)24-12-8-21(9-13-24)20-6-4-3-5-7-20)17-26-27(34)31-29(36)33(28(26)35)25-14-10-23(30)11-15-25/h3-17H,1-2H3,(H,31,34,36)/b26-17-. The number of nitrogens with one attached hydrogen (secondary N) is 1. The molecule has 0 bridgehead atoms. The number of carbonyl (C=O) groups is 3. The lowest BCUT2D eigenvalue weighted by Gasteiger charge is -2.26. The Morgan fingerprint density at radius 2 is 1.39 bits per heavy atom. The number of nitrogens with zero attached hydrogens (tertiary/aromatic N) is 2. The van der Waals surface area contributed by atoms with E-state index >= 15 is 0 Å². The zero-order valence-electron chi connectivity index (χ0n) is 19.7. The molecule has 0 atom stereocenters. The molecule has 1 aliphatic rings. The van der Waals surface area contributed by atoms with Gasteiger partial charge in [0.2, 0.25) is 0 Å². The van der Waals surface area contributed by atoms with Gasteiger partial charge in [0, 0.05) is 17.1 Å². The van der Waals surface area contributed by atoms with Crippen molar-refractivity contribution in [2.75, 3.05) is 4.90 Å². The third-order valence-corrected chi connectivity index (χ3v) is 6.19. The fraction of sp³-hybridized carbons (Fsp3) is 0.0690. The molecule has 7 heteroatoms. The van der Waals surface area contributed by atoms with Crippen LogP contribution in [-0.2, 0) is 9.59 Å². The number of aryl methyl sites for hydroxylation is 1. The molecule has 1 saturated heterocycles. The van der Waals surface area contributed by atoms with Gasteiger partial charge in [0.1, 0.15) is 11.4 Å². The highest BCUT2D eigenvalue weighted by Gasteiger charge is 2.37. The van der Waals surface area contributed by atoms with Gasteiger partial charge in [0.25, 0.3) is 11.8 Å². The van der Waals surface area contributed by atoms with Gasteiger partial charge in [0.05, 0.1) is 5.69 Å². The molecule has 178 valence electrons. The van der Waals surface area contributed by atoms with Gasteiger partial charge < -0.3 is 4.57 Å². The summed E-state index contributed by atoms with van der Waals surface area (Å²) in [5.74, 6) is -2.05. The first-order valence-corrected chi connectivity index (χ1v) is 11.4. The number of barbiturate groups is 1. The Labute approximate surface area is 207 Å². The lowest BCUT2D eigenvalue weighted by molar-refractivity contribution is -0.122. The van der Waals surface area contributed by atoms with Crippen LogP contribution < -0.4 is 10.2 Å². The Bertz CT molecular complexity index is 1520. The number of amides is 4. The minimum Gasteiger partial charge on any atom is -0.318 e. The van der Waals surface area contributed by atoms with Gasteiger partial charge in [-0.15, -0.1) is 0 Å². The summed E-state index contributed by atoms with van der Waals surface area (Å²) in [5.41, 5.74) is 5.57. The van der Waals surface area contributed by atoms with Crippen molar-refractivity contribution in [1.82, 2.24) is 9.88 Å². The molecular formula is C29H22FN3O3. The maximum Gasteiger partial charge on any atom is 0.335 e. The number of imide groups is 2. The quantitative estimate of drug-likeness (QED) is 0.307. The highest BCUT2D eigenvalue weighted by atomic mass is 19.1. The number of hydrogen-bond acceptors (Lipinski definition) is 3. The van der Waals surface area contributed by atoms with Crippen LogP contribution in [0.4, 0.5) is 14.9 Å². The zero-order valence-corrected chi connectivity index (χ0v) is 19.7. The van der Waals surface area contributed by atoms with E-state index in [-0.39, 0.29) is 11.3 Å². The van der Waals surface area contributed by atoms with Gasteiger partial charge >= 0.3 is 6.03 Å². The normalized spacial score (nSPS) is 14.9. The third-order valence-electron chi connectivity index (χ3n) is 6.19. The summed E-state index contributed by atoms with van der Waals surface area (Å²) >= 11 is 0. The van der Waals surface area contributed by atoms with Crippen LogP contribution in [0.3, 0.4) is 0 Å².